The van der Waals surface area contributed by atoms with E-state index in [2.05, 4.69) is 10.2 Å². The van der Waals surface area contributed by atoms with Gasteiger partial charge in [0.2, 0.25) is 0 Å². The molecule has 0 saturated carbocycles. The smallest absolute Gasteiger partial charge is 0.405 e. The summed E-state index contributed by atoms with van der Waals surface area (Å²) in [4.78, 5) is 12.8. The first kappa shape index (κ1) is 14.6. The first-order valence-electron chi connectivity index (χ1n) is 6.67. The molecule has 0 bridgehead atoms. The Morgan fingerprint density at radius 3 is 3.10 bits per heavy atom. The molecule has 1 fully saturated rings. The Kier molecular flexibility index (Phi) is 4.81. The maximum absolute atomic E-state index is 10.7. The highest BCUT2D eigenvalue weighted by molar-refractivity contribution is 5.65. The second-order valence-electron chi connectivity index (χ2n) is 4.89. The Hall–Kier alpha value is -1.79. The van der Waals surface area contributed by atoms with E-state index in [4.69, 9.17) is 9.84 Å². The number of carboxylic acid groups (broad SMARTS) is 1. The minimum absolute atomic E-state index is 0.00711. The van der Waals surface area contributed by atoms with Crippen LogP contribution in [0.1, 0.15) is 18.5 Å². The van der Waals surface area contributed by atoms with Crippen LogP contribution in [-0.4, -0.2) is 48.7 Å². The van der Waals surface area contributed by atoms with Gasteiger partial charge in [0.25, 0.3) is 0 Å². The molecule has 0 spiro atoms. The van der Waals surface area contributed by atoms with Crippen LogP contribution in [0.25, 0.3) is 0 Å². The zero-order chi connectivity index (χ0) is 14.5. The Bertz CT molecular complexity index is 466. The van der Waals surface area contributed by atoms with Crippen molar-refractivity contribution in [2.24, 2.45) is 0 Å². The molecule has 3 N–H and O–H groups in total. The third-order valence-electron chi connectivity index (χ3n) is 3.42. The third kappa shape index (κ3) is 3.61. The summed E-state index contributed by atoms with van der Waals surface area (Å²) < 4.78 is 5.43. The lowest BCUT2D eigenvalue weighted by atomic mass is 10.1. The third-order valence-corrected chi connectivity index (χ3v) is 3.42. The van der Waals surface area contributed by atoms with Crippen LogP contribution in [0.3, 0.4) is 0 Å². The van der Waals surface area contributed by atoms with Gasteiger partial charge in [0.15, 0.2) is 0 Å². The lowest BCUT2D eigenvalue weighted by Gasteiger charge is -2.34. The van der Waals surface area contributed by atoms with Gasteiger partial charge in [-0.3, -0.25) is 0 Å². The van der Waals surface area contributed by atoms with Crippen molar-refractivity contribution in [3.63, 3.8) is 0 Å². The van der Waals surface area contributed by atoms with Crippen molar-refractivity contribution >= 4 is 11.8 Å². The van der Waals surface area contributed by atoms with Gasteiger partial charge in [0.05, 0.1) is 25.4 Å². The molecule has 1 aliphatic heterocycles. The van der Waals surface area contributed by atoms with Crippen molar-refractivity contribution in [1.29, 1.82) is 0 Å². The van der Waals surface area contributed by atoms with E-state index in [9.17, 15) is 9.90 Å². The molecule has 1 amide bonds. The Balaban J connectivity index is 2.10. The molecule has 2 atom stereocenters. The zero-order valence-corrected chi connectivity index (χ0v) is 11.5. The fraction of sp³-hybridized carbons (Fsp3) is 0.500. The van der Waals surface area contributed by atoms with Crippen LogP contribution in [0.4, 0.5) is 10.5 Å². The molecule has 2 unspecified atom stereocenters. The quantitative estimate of drug-likeness (QED) is 0.772. The standard InChI is InChI=1S/C14H20N2O4/c1-10(15-14(18)19)11-3-2-4-12(7-11)16-5-6-20-13(8-16)9-17/h2-4,7,10,13,15,17H,5-6,8-9H2,1H3,(H,18,19). The Morgan fingerprint density at radius 1 is 1.60 bits per heavy atom. The summed E-state index contributed by atoms with van der Waals surface area (Å²) >= 11 is 0. The van der Waals surface area contributed by atoms with Crippen LogP contribution < -0.4 is 10.2 Å². The van der Waals surface area contributed by atoms with Gasteiger partial charge in [-0.05, 0) is 24.6 Å². The van der Waals surface area contributed by atoms with E-state index in [-0.39, 0.29) is 18.8 Å². The summed E-state index contributed by atoms with van der Waals surface area (Å²) in [5.41, 5.74) is 1.93. The molecule has 20 heavy (non-hydrogen) atoms. The SMILES string of the molecule is CC(NC(=O)O)c1cccc(N2CCOC(CO)C2)c1. The highest BCUT2D eigenvalue weighted by atomic mass is 16.5. The van der Waals surface area contributed by atoms with Gasteiger partial charge in [0, 0.05) is 18.8 Å². The predicted octanol–water partition coefficient (Wildman–Crippen LogP) is 1.21. The second-order valence-corrected chi connectivity index (χ2v) is 4.89. The van der Waals surface area contributed by atoms with Gasteiger partial charge in [-0.1, -0.05) is 12.1 Å². The molecule has 6 heteroatoms. The second kappa shape index (κ2) is 6.58. The average molecular weight is 280 g/mol. The van der Waals surface area contributed by atoms with Gasteiger partial charge >= 0.3 is 6.09 Å². The van der Waals surface area contributed by atoms with Crippen molar-refractivity contribution in [2.45, 2.75) is 19.1 Å². The Morgan fingerprint density at radius 2 is 2.40 bits per heavy atom. The number of ether oxygens (including phenoxy) is 1. The Labute approximate surface area is 118 Å². The van der Waals surface area contributed by atoms with E-state index in [1.165, 1.54) is 0 Å². The number of aliphatic hydroxyl groups is 1. The molecule has 6 nitrogen and oxygen atoms in total. The summed E-state index contributed by atoms with van der Waals surface area (Å²) in [6, 6.07) is 7.50. The lowest BCUT2D eigenvalue weighted by molar-refractivity contribution is 0.00356. The predicted molar refractivity (Wildman–Crippen MR) is 75.1 cm³/mol. The molecule has 0 aliphatic carbocycles. The number of nitrogens with one attached hydrogen (secondary N) is 1. The molecular weight excluding hydrogens is 260 g/mol. The summed E-state index contributed by atoms with van der Waals surface area (Å²) in [6.07, 6.45) is -1.20. The number of morpholine rings is 1. The number of aliphatic hydroxyl groups excluding tert-OH is 1. The lowest BCUT2D eigenvalue weighted by Crippen LogP contribution is -2.44. The number of benzene rings is 1. The van der Waals surface area contributed by atoms with Gasteiger partial charge in [-0.15, -0.1) is 0 Å². The highest BCUT2D eigenvalue weighted by Crippen LogP contribution is 2.22. The molecular formula is C14H20N2O4. The highest BCUT2D eigenvalue weighted by Gasteiger charge is 2.20. The molecule has 2 rings (SSSR count). The van der Waals surface area contributed by atoms with E-state index < -0.39 is 6.09 Å². The van der Waals surface area contributed by atoms with E-state index in [1.807, 2.05) is 31.2 Å². The maximum atomic E-state index is 10.7. The number of rotatable bonds is 4. The van der Waals surface area contributed by atoms with Crippen molar-refractivity contribution in [3.05, 3.63) is 29.8 Å². The fourth-order valence-corrected chi connectivity index (χ4v) is 2.32. The summed E-state index contributed by atoms with van der Waals surface area (Å²) in [6.45, 7) is 3.80. The monoisotopic (exact) mass is 280 g/mol. The summed E-state index contributed by atoms with van der Waals surface area (Å²) in [7, 11) is 0. The molecule has 110 valence electrons. The van der Waals surface area contributed by atoms with Crippen LogP contribution in [-0.2, 0) is 4.74 Å². The zero-order valence-electron chi connectivity index (χ0n) is 11.5. The average Bonchev–Trinajstić information content (AvgIpc) is 2.47. The van der Waals surface area contributed by atoms with Crippen molar-refractivity contribution in [1.82, 2.24) is 5.32 Å². The first-order valence-corrected chi connectivity index (χ1v) is 6.67. The van der Waals surface area contributed by atoms with E-state index in [1.54, 1.807) is 0 Å². The summed E-state index contributed by atoms with van der Waals surface area (Å²) in [5, 5.41) is 20.4. The molecule has 1 aromatic rings. The van der Waals surface area contributed by atoms with Crippen LogP contribution in [0.15, 0.2) is 24.3 Å². The van der Waals surface area contributed by atoms with Crippen LogP contribution >= 0.6 is 0 Å². The molecule has 1 aromatic carbocycles. The van der Waals surface area contributed by atoms with Gasteiger partial charge in [-0.25, -0.2) is 4.79 Å². The molecule has 1 saturated heterocycles. The summed E-state index contributed by atoms with van der Waals surface area (Å²) in [5.74, 6) is 0. The van der Waals surface area contributed by atoms with Gasteiger partial charge in [0.1, 0.15) is 0 Å². The van der Waals surface area contributed by atoms with Crippen LogP contribution in [0.2, 0.25) is 0 Å². The topological polar surface area (TPSA) is 82.0 Å². The largest absolute Gasteiger partial charge is 0.465 e. The first-order chi connectivity index (χ1) is 9.60. The fourth-order valence-electron chi connectivity index (χ4n) is 2.32. The number of amides is 1. The van der Waals surface area contributed by atoms with E-state index >= 15 is 0 Å². The van der Waals surface area contributed by atoms with Crippen molar-refractivity contribution in [2.75, 3.05) is 31.2 Å². The van der Waals surface area contributed by atoms with E-state index in [0.717, 1.165) is 17.8 Å². The van der Waals surface area contributed by atoms with Gasteiger partial charge in [-0.2, -0.15) is 0 Å². The minimum atomic E-state index is -1.03. The molecule has 1 aliphatic rings. The van der Waals surface area contributed by atoms with E-state index in [0.29, 0.717) is 13.2 Å². The number of hydrogen-bond acceptors (Lipinski definition) is 4. The molecule has 1 heterocycles. The van der Waals surface area contributed by atoms with Gasteiger partial charge < -0.3 is 25.2 Å². The van der Waals surface area contributed by atoms with Crippen molar-refractivity contribution in [3.8, 4) is 0 Å². The molecule has 0 radical (unpaired) electrons. The number of hydrogen-bond donors (Lipinski definition) is 3. The molecule has 0 aromatic heterocycles. The number of nitrogens with zero attached hydrogens (tertiary/aromatic N) is 1. The maximum Gasteiger partial charge on any atom is 0.405 e. The number of carbonyl (C=O) groups is 1. The van der Waals surface area contributed by atoms with Crippen LogP contribution in [0, 0.1) is 0 Å². The normalized spacial score (nSPS) is 20.5. The number of anilines is 1. The minimum Gasteiger partial charge on any atom is -0.465 e. The van der Waals surface area contributed by atoms with Crippen LogP contribution in [0.5, 0.6) is 0 Å². The van der Waals surface area contributed by atoms with Crippen molar-refractivity contribution < 1.29 is 19.7 Å².